The van der Waals surface area contributed by atoms with E-state index >= 15 is 0 Å². The summed E-state index contributed by atoms with van der Waals surface area (Å²) in [5, 5.41) is 20.6. The standard InChI is InChI=1S/C27H28N2O7/c1-35-25(33)11-21(17-4-2-5-19(30)9-17)27-26(34)23(31)10-20(36-27)15-28-12-16-8-18(14-28)22-6-3-7-24(32)29(22)13-16/h2-7,9-10,16,18,21,30,34H,8,11-15H2,1H3/t16-,18?,21?/m1/s1. The van der Waals surface area contributed by atoms with Crippen molar-refractivity contribution < 1.29 is 24.2 Å². The summed E-state index contributed by atoms with van der Waals surface area (Å²) < 4.78 is 12.8. The molecule has 1 saturated heterocycles. The number of nitrogens with zero attached hydrogens (tertiary/aromatic N) is 2. The Bertz CT molecular complexity index is 1410. The molecule has 5 rings (SSSR count). The molecule has 0 amide bonds. The highest BCUT2D eigenvalue weighted by molar-refractivity contribution is 5.71. The number of esters is 1. The monoisotopic (exact) mass is 492 g/mol. The van der Waals surface area contributed by atoms with E-state index in [2.05, 4.69) is 4.90 Å². The number of aromatic nitrogens is 1. The molecule has 0 aliphatic carbocycles. The highest BCUT2D eigenvalue weighted by atomic mass is 16.5. The van der Waals surface area contributed by atoms with Gasteiger partial charge in [-0.1, -0.05) is 18.2 Å². The average molecular weight is 493 g/mol. The van der Waals surface area contributed by atoms with Crippen molar-refractivity contribution in [2.75, 3.05) is 20.2 Å². The van der Waals surface area contributed by atoms with Gasteiger partial charge >= 0.3 is 5.97 Å². The van der Waals surface area contributed by atoms with Crippen LogP contribution in [0.2, 0.25) is 0 Å². The van der Waals surface area contributed by atoms with Crippen molar-refractivity contribution in [1.29, 1.82) is 0 Å². The summed E-state index contributed by atoms with van der Waals surface area (Å²) in [7, 11) is 1.26. The fourth-order valence-corrected chi connectivity index (χ4v) is 5.57. The molecule has 0 radical (unpaired) electrons. The lowest BCUT2D eigenvalue weighted by molar-refractivity contribution is -0.140. The van der Waals surface area contributed by atoms with E-state index in [-0.39, 0.29) is 29.4 Å². The third kappa shape index (κ3) is 4.66. The van der Waals surface area contributed by atoms with Crippen molar-refractivity contribution in [1.82, 2.24) is 9.47 Å². The van der Waals surface area contributed by atoms with E-state index in [1.54, 1.807) is 24.3 Å². The third-order valence-electron chi connectivity index (χ3n) is 7.12. The van der Waals surface area contributed by atoms with Crippen molar-refractivity contribution in [2.45, 2.75) is 37.8 Å². The van der Waals surface area contributed by atoms with Crippen LogP contribution >= 0.6 is 0 Å². The van der Waals surface area contributed by atoms with Gasteiger partial charge in [-0.15, -0.1) is 0 Å². The van der Waals surface area contributed by atoms with Crippen molar-refractivity contribution in [3.05, 3.63) is 91.9 Å². The van der Waals surface area contributed by atoms with Gasteiger partial charge in [0.1, 0.15) is 11.5 Å². The van der Waals surface area contributed by atoms with Gasteiger partial charge in [0.2, 0.25) is 11.2 Å². The quantitative estimate of drug-likeness (QED) is 0.504. The maximum Gasteiger partial charge on any atom is 0.306 e. The van der Waals surface area contributed by atoms with E-state index in [1.165, 1.54) is 25.3 Å². The number of rotatable bonds is 6. The molecule has 0 saturated carbocycles. The second-order valence-corrected chi connectivity index (χ2v) is 9.61. The molecule has 2 aliphatic heterocycles. The molecular weight excluding hydrogens is 464 g/mol. The minimum Gasteiger partial charge on any atom is -0.508 e. The SMILES string of the molecule is COC(=O)CC(c1cccc(O)c1)c1oc(CN2CC3C[C@H](C2)Cn2c3cccc2=O)cc(=O)c1O. The Morgan fingerprint density at radius 1 is 1.11 bits per heavy atom. The predicted octanol–water partition coefficient (Wildman–Crippen LogP) is 2.53. The van der Waals surface area contributed by atoms with Gasteiger partial charge in [0, 0.05) is 43.4 Å². The summed E-state index contributed by atoms with van der Waals surface area (Å²) >= 11 is 0. The fourth-order valence-electron chi connectivity index (χ4n) is 5.57. The zero-order valence-corrected chi connectivity index (χ0v) is 19.9. The van der Waals surface area contributed by atoms with E-state index in [1.807, 2.05) is 10.6 Å². The Kier molecular flexibility index (Phi) is 6.40. The summed E-state index contributed by atoms with van der Waals surface area (Å²) in [6, 6.07) is 12.9. The highest BCUT2D eigenvalue weighted by Crippen LogP contribution is 2.37. The number of phenols is 1. The van der Waals surface area contributed by atoms with Crippen LogP contribution in [0.4, 0.5) is 0 Å². The second kappa shape index (κ2) is 9.66. The van der Waals surface area contributed by atoms with Gasteiger partial charge in [-0.25, -0.2) is 0 Å². The lowest BCUT2D eigenvalue weighted by atomic mass is 9.83. The minimum absolute atomic E-state index is 0.0143. The summed E-state index contributed by atoms with van der Waals surface area (Å²) in [4.78, 5) is 39.4. The number of carbonyl (C=O) groups excluding carboxylic acids is 1. The number of carbonyl (C=O) groups is 1. The van der Waals surface area contributed by atoms with Crippen molar-refractivity contribution in [3.8, 4) is 11.5 Å². The van der Waals surface area contributed by atoms with Gasteiger partial charge in [-0.2, -0.15) is 0 Å². The molecule has 9 heteroatoms. The Hall–Kier alpha value is -3.85. The molecule has 3 atom stereocenters. The highest BCUT2D eigenvalue weighted by Gasteiger charge is 2.35. The average Bonchev–Trinajstić information content (AvgIpc) is 2.85. The molecule has 9 nitrogen and oxygen atoms in total. The first-order valence-corrected chi connectivity index (χ1v) is 12.0. The maximum absolute atomic E-state index is 12.7. The number of piperidine rings is 1. The van der Waals surface area contributed by atoms with Gasteiger partial charge in [-0.3, -0.25) is 19.3 Å². The molecule has 2 N–H and O–H groups in total. The van der Waals surface area contributed by atoms with Crippen LogP contribution in [0.3, 0.4) is 0 Å². The Labute approximate surface area is 207 Å². The Balaban J connectivity index is 1.45. The number of aromatic hydroxyl groups is 2. The first-order chi connectivity index (χ1) is 17.3. The van der Waals surface area contributed by atoms with E-state index in [9.17, 15) is 24.6 Å². The number of fused-ring (bicyclic) bond motifs is 4. The van der Waals surface area contributed by atoms with Crippen LogP contribution in [0.5, 0.6) is 11.5 Å². The van der Waals surface area contributed by atoms with Crippen LogP contribution in [-0.4, -0.2) is 45.8 Å². The van der Waals surface area contributed by atoms with Crippen molar-refractivity contribution in [3.63, 3.8) is 0 Å². The van der Waals surface area contributed by atoms with Gasteiger partial charge in [-0.05, 0) is 36.1 Å². The number of pyridine rings is 1. The number of phenolic OH excluding ortho intramolecular Hbond substituents is 1. The molecule has 2 aromatic heterocycles. The zero-order chi connectivity index (χ0) is 25.4. The summed E-state index contributed by atoms with van der Waals surface area (Å²) in [6.07, 6.45) is 0.822. The first kappa shape index (κ1) is 23.9. The minimum atomic E-state index is -0.823. The van der Waals surface area contributed by atoms with Gasteiger partial charge in [0.05, 0.1) is 26.0 Å². The first-order valence-electron chi connectivity index (χ1n) is 12.0. The van der Waals surface area contributed by atoms with Gasteiger partial charge < -0.3 is 23.9 Å². The van der Waals surface area contributed by atoms with Gasteiger partial charge in [0.15, 0.2) is 5.76 Å². The molecule has 3 aromatic rings. The molecule has 1 fully saturated rings. The van der Waals surface area contributed by atoms with E-state index in [0.29, 0.717) is 36.9 Å². The smallest absolute Gasteiger partial charge is 0.306 e. The molecule has 2 unspecified atom stereocenters. The summed E-state index contributed by atoms with van der Waals surface area (Å²) in [5.41, 5.74) is 0.952. The zero-order valence-electron chi connectivity index (χ0n) is 19.9. The largest absolute Gasteiger partial charge is 0.508 e. The summed E-state index contributed by atoms with van der Waals surface area (Å²) in [5.74, 6) is -1.12. The fraction of sp³-hybridized carbons (Fsp3) is 0.370. The molecular formula is C27H28N2O7. The number of methoxy groups -OCH3 is 1. The molecule has 2 bridgehead atoms. The van der Waals surface area contributed by atoms with Crippen LogP contribution in [0.25, 0.3) is 0 Å². The molecule has 4 heterocycles. The van der Waals surface area contributed by atoms with E-state index < -0.39 is 23.1 Å². The molecule has 1 aromatic carbocycles. The Morgan fingerprint density at radius 3 is 2.69 bits per heavy atom. The molecule has 2 aliphatic rings. The lowest BCUT2D eigenvalue weighted by Gasteiger charge is -2.42. The van der Waals surface area contributed by atoms with Gasteiger partial charge in [0.25, 0.3) is 5.56 Å². The molecule has 188 valence electrons. The van der Waals surface area contributed by atoms with Crippen LogP contribution < -0.4 is 11.0 Å². The summed E-state index contributed by atoms with van der Waals surface area (Å²) in [6.45, 7) is 2.45. The third-order valence-corrected chi connectivity index (χ3v) is 7.12. The van der Waals surface area contributed by atoms with Crippen LogP contribution in [-0.2, 0) is 22.6 Å². The van der Waals surface area contributed by atoms with Crippen molar-refractivity contribution in [2.24, 2.45) is 5.92 Å². The molecule has 0 spiro atoms. The van der Waals surface area contributed by atoms with Crippen LogP contribution in [0, 0.1) is 5.92 Å². The molecule has 36 heavy (non-hydrogen) atoms. The number of hydrogen-bond donors (Lipinski definition) is 2. The Morgan fingerprint density at radius 2 is 1.92 bits per heavy atom. The van der Waals surface area contributed by atoms with E-state index in [0.717, 1.165) is 18.7 Å². The van der Waals surface area contributed by atoms with Crippen LogP contribution in [0.15, 0.2) is 62.5 Å². The van der Waals surface area contributed by atoms with E-state index in [4.69, 9.17) is 9.15 Å². The second-order valence-electron chi connectivity index (χ2n) is 9.61. The lowest BCUT2D eigenvalue weighted by Crippen LogP contribution is -2.46. The normalized spacial score (nSPS) is 19.9. The topological polar surface area (TPSA) is 122 Å². The number of hydrogen-bond acceptors (Lipinski definition) is 8. The number of likely N-dealkylation sites (tertiary alicyclic amines) is 1. The number of ether oxygens (including phenoxy) is 1. The van der Waals surface area contributed by atoms with Crippen LogP contribution in [0.1, 0.15) is 47.5 Å². The maximum atomic E-state index is 12.7. The predicted molar refractivity (Wildman–Crippen MR) is 130 cm³/mol. The number of benzene rings is 1. The van der Waals surface area contributed by atoms with Crippen molar-refractivity contribution >= 4 is 5.97 Å².